The molecule has 0 aromatic rings. The molecule has 1 rings (SSSR count). The number of alkyl halides is 3. The van der Waals surface area contributed by atoms with Crippen molar-refractivity contribution in [3.05, 3.63) is 0 Å². The van der Waals surface area contributed by atoms with Gasteiger partial charge in [0.25, 0.3) is 0 Å². The van der Waals surface area contributed by atoms with Crippen molar-refractivity contribution in [2.75, 3.05) is 19.6 Å². The van der Waals surface area contributed by atoms with E-state index >= 15 is 0 Å². The fraction of sp³-hybridized carbons (Fsp3) is 0.929. The molecule has 0 bridgehead atoms. The number of carbonyl (C=O) groups is 1. The summed E-state index contributed by atoms with van der Waals surface area (Å²) in [6, 6.07) is -0.247. The number of piperidine rings is 1. The van der Waals surface area contributed by atoms with E-state index in [0.717, 1.165) is 25.7 Å². The molecule has 0 aromatic carbocycles. The largest absolute Gasteiger partial charge is 0.401 e. The van der Waals surface area contributed by atoms with E-state index in [-0.39, 0.29) is 11.9 Å². The molecule has 1 N–H and O–H groups in total. The first-order valence-corrected chi connectivity index (χ1v) is 7.43. The van der Waals surface area contributed by atoms with E-state index in [2.05, 4.69) is 12.2 Å². The summed E-state index contributed by atoms with van der Waals surface area (Å²) in [5.74, 6) is 0.368. The van der Waals surface area contributed by atoms with Crippen LogP contribution in [0.2, 0.25) is 0 Å². The number of halogens is 3. The summed E-state index contributed by atoms with van der Waals surface area (Å²) < 4.78 is 36.9. The molecular formula is C14H25F3N2O. The number of rotatable bonds is 6. The van der Waals surface area contributed by atoms with Crippen LogP contribution in [-0.4, -0.2) is 42.7 Å². The lowest BCUT2D eigenvalue weighted by atomic mass is 9.90. The number of hydrogen-bond acceptors (Lipinski definition) is 2. The summed E-state index contributed by atoms with van der Waals surface area (Å²) in [6.45, 7) is 4.11. The van der Waals surface area contributed by atoms with Crippen LogP contribution in [0, 0.1) is 5.92 Å². The molecule has 1 amide bonds. The fourth-order valence-corrected chi connectivity index (χ4v) is 2.80. The van der Waals surface area contributed by atoms with Gasteiger partial charge in [0.1, 0.15) is 0 Å². The molecule has 0 aromatic heterocycles. The van der Waals surface area contributed by atoms with Gasteiger partial charge in [0.15, 0.2) is 0 Å². The summed E-state index contributed by atoms with van der Waals surface area (Å²) in [4.78, 5) is 13.7. The Labute approximate surface area is 118 Å². The molecule has 20 heavy (non-hydrogen) atoms. The van der Waals surface area contributed by atoms with Gasteiger partial charge in [-0.3, -0.25) is 4.79 Å². The molecule has 1 heterocycles. The molecule has 0 radical (unpaired) electrons. The second-order valence-corrected chi connectivity index (χ2v) is 5.63. The third-order valence-corrected chi connectivity index (χ3v) is 3.64. The predicted molar refractivity (Wildman–Crippen MR) is 72.3 cm³/mol. The van der Waals surface area contributed by atoms with Crippen molar-refractivity contribution >= 4 is 5.91 Å². The van der Waals surface area contributed by atoms with Crippen molar-refractivity contribution in [2.24, 2.45) is 5.92 Å². The predicted octanol–water partition coefficient (Wildman–Crippen LogP) is 2.96. The highest BCUT2D eigenvalue weighted by atomic mass is 19.4. The number of nitrogens with one attached hydrogen (secondary N) is 1. The molecule has 0 aliphatic carbocycles. The fourth-order valence-electron chi connectivity index (χ4n) is 2.80. The Hall–Kier alpha value is -0.780. The van der Waals surface area contributed by atoms with E-state index in [4.69, 9.17) is 0 Å². The zero-order valence-electron chi connectivity index (χ0n) is 12.3. The number of carbonyl (C=O) groups excluding carboxylic acids is 1. The quantitative estimate of drug-likeness (QED) is 0.817. The van der Waals surface area contributed by atoms with Crippen LogP contribution in [-0.2, 0) is 4.79 Å². The molecule has 0 saturated carbocycles. The van der Waals surface area contributed by atoms with Crippen LogP contribution in [0.1, 0.15) is 46.0 Å². The summed E-state index contributed by atoms with van der Waals surface area (Å²) in [5.41, 5.74) is 0. The topological polar surface area (TPSA) is 32.3 Å². The van der Waals surface area contributed by atoms with Gasteiger partial charge in [-0.1, -0.05) is 20.3 Å². The Bertz CT molecular complexity index is 307. The van der Waals surface area contributed by atoms with E-state index in [1.807, 2.05) is 6.92 Å². The van der Waals surface area contributed by atoms with Gasteiger partial charge in [-0.15, -0.1) is 0 Å². The Balaban J connectivity index is 2.58. The van der Waals surface area contributed by atoms with Gasteiger partial charge in [0, 0.05) is 25.6 Å². The Morgan fingerprint density at radius 3 is 2.50 bits per heavy atom. The van der Waals surface area contributed by atoms with Crippen molar-refractivity contribution in [1.82, 2.24) is 10.2 Å². The summed E-state index contributed by atoms with van der Waals surface area (Å²) >= 11 is 0. The highest BCUT2D eigenvalue weighted by Crippen LogP contribution is 2.23. The smallest absolute Gasteiger partial charge is 0.341 e. The maximum atomic E-state index is 12.3. The number of hydrogen-bond donors (Lipinski definition) is 1. The van der Waals surface area contributed by atoms with Gasteiger partial charge in [-0.05, 0) is 25.2 Å². The second-order valence-electron chi connectivity index (χ2n) is 5.63. The second kappa shape index (κ2) is 7.86. The average molecular weight is 294 g/mol. The molecule has 2 atom stereocenters. The zero-order chi connectivity index (χ0) is 15.2. The van der Waals surface area contributed by atoms with Crippen LogP contribution in [0.25, 0.3) is 0 Å². The maximum absolute atomic E-state index is 12.3. The minimum atomic E-state index is -4.20. The highest BCUT2D eigenvalue weighted by molar-refractivity contribution is 5.76. The molecular weight excluding hydrogens is 269 g/mol. The summed E-state index contributed by atoms with van der Waals surface area (Å²) in [5, 5.41) is 2.56. The molecule has 0 spiro atoms. The van der Waals surface area contributed by atoms with Gasteiger partial charge in [0.2, 0.25) is 5.91 Å². The molecule has 2 unspecified atom stereocenters. The number of amides is 1. The van der Waals surface area contributed by atoms with Crippen molar-refractivity contribution in [3.8, 4) is 0 Å². The normalized spacial score (nSPS) is 23.9. The maximum Gasteiger partial charge on any atom is 0.401 e. The lowest BCUT2D eigenvalue weighted by Gasteiger charge is -2.38. The molecule has 1 aliphatic heterocycles. The minimum absolute atomic E-state index is 0.0621. The zero-order valence-corrected chi connectivity index (χ0v) is 12.3. The van der Waals surface area contributed by atoms with Crippen LogP contribution in [0.15, 0.2) is 0 Å². The van der Waals surface area contributed by atoms with Gasteiger partial charge in [-0.25, -0.2) is 0 Å². The first-order chi connectivity index (χ1) is 9.35. The molecule has 6 heteroatoms. The highest BCUT2D eigenvalue weighted by Gasteiger charge is 2.33. The van der Waals surface area contributed by atoms with Crippen molar-refractivity contribution < 1.29 is 18.0 Å². The Kier molecular flexibility index (Phi) is 6.79. The molecule has 1 fully saturated rings. The first kappa shape index (κ1) is 17.3. The van der Waals surface area contributed by atoms with Crippen LogP contribution in [0.3, 0.4) is 0 Å². The van der Waals surface area contributed by atoms with Gasteiger partial charge in [0.05, 0.1) is 6.54 Å². The van der Waals surface area contributed by atoms with Crippen molar-refractivity contribution in [3.63, 3.8) is 0 Å². The standard InChI is InChI=1S/C14H25F3N2O/c1-3-5-11-7-12(18-10-14(15,16)17)9-19(8-11)13(20)6-4-2/h11-12,18H,3-10H2,1-2H3. The Morgan fingerprint density at radius 2 is 1.95 bits per heavy atom. The van der Waals surface area contributed by atoms with E-state index in [9.17, 15) is 18.0 Å². The number of likely N-dealkylation sites (tertiary alicyclic amines) is 1. The molecule has 3 nitrogen and oxygen atoms in total. The lowest BCUT2D eigenvalue weighted by Crippen LogP contribution is -2.52. The third kappa shape index (κ3) is 6.11. The Morgan fingerprint density at radius 1 is 1.25 bits per heavy atom. The van der Waals surface area contributed by atoms with E-state index in [1.54, 1.807) is 4.90 Å². The summed E-state index contributed by atoms with van der Waals surface area (Å²) in [7, 11) is 0. The minimum Gasteiger partial charge on any atom is -0.341 e. The van der Waals surface area contributed by atoms with E-state index in [1.165, 1.54) is 0 Å². The molecule has 1 saturated heterocycles. The van der Waals surface area contributed by atoms with Crippen LogP contribution in [0.5, 0.6) is 0 Å². The van der Waals surface area contributed by atoms with Crippen LogP contribution >= 0.6 is 0 Å². The van der Waals surface area contributed by atoms with E-state index < -0.39 is 12.7 Å². The van der Waals surface area contributed by atoms with E-state index in [0.29, 0.717) is 25.4 Å². The van der Waals surface area contributed by atoms with Gasteiger partial charge < -0.3 is 10.2 Å². The van der Waals surface area contributed by atoms with Crippen molar-refractivity contribution in [2.45, 2.75) is 58.2 Å². The molecule has 1 aliphatic rings. The third-order valence-electron chi connectivity index (χ3n) is 3.64. The van der Waals surface area contributed by atoms with Crippen LogP contribution < -0.4 is 5.32 Å². The SMILES string of the molecule is CCCC(=O)N1CC(CCC)CC(NCC(F)(F)F)C1. The van der Waals surface area contributed by atoms with Gasteiger partial charge in [-0.2, -0.15) is 13.2 Å². The van der Waals surface area contributed by atoms with Crippen molar-refractivity contribution in [1.29, 1.82) is 0 Å². The first-order valence-electron chi connectivity index (χ1n) is 7.43. The molecule has 118 valence electrons. The van der Waals surface area contributed by atoms with Gasteiger partial charge >= 0.3 is 6.18 Å². The average Bonchev–Trinajstić information content (AvgIpc) is 2.36. The monoisotopic (exact) mass is 294 g/mol. The van der Waals surface area contributed by atoms with Crippen LogP contribution in [0.4, 0.5) is 13.2 Å². The summed E-state index contributed by atoms with van der Waals surface area (Å²) in [6.07, 6.45) is -0.276. The lowest BCUT2D eigenvalue weighted by molar-refractivity contribution is -0.135. The number of nitrogens with zero attached hydrogens (tertiary/aromatic N) is 1.